The van der Waals surface area contributed by atoms with Crippen LogP contribution in [0.1, 0.15) is 147 Å². The Morgan fingerprint density at radius 2 is 0.583 bits per heavy atom. The molecule has 3 aliphatic heterocycles. The van der Waals surface area contributed by atoms with Crippen molar-refractivity contribution >= 4 is 68.7 Å². The van der Waals surface area contributed by atoms with Gasteiger partial charge in [-0.05, 0) is 217 Å². The van der Waals surface area contributed by atoms with Crippen LogP contribution in [0.5, 0.6) is 34.5 Å². The summed E-state index contributed by atoms with van der Waals surface area (Å²) in [6.07, 6.45) is 6.45. The first-order chi connectivity index (χ1) is 52.2. The van der Waals surface area contributed by atoms with E-state index in [0.717, 1.165) is 109 Å². The predicted molar refractivity (Wildman–Crippen MR) is 433 cm³/mol. The summed E-state index contributed by atoms with van der Waals surface area (Å²) in [6, 6.07) is 77.1. The fraction of sp³-hybridized carbons (Fsp3) is 0.233. The number of halogens is 3. The Kier molecular flexibility index (Phi) is 25.7. The van der Waals surface area contributed by atoms with Crippen molar-refractivity contribution in [1.82, 2.24) is 0 Å². The lowest BCUT2D eigenvalue weighted by molar-refractivity contribution is 0.160. The number of nitrogens with zero attached hydrogens (tertiary/aromatic N) is 3. The molecule has 554 valence electrons. The van der Waals surface area contributed by atoms with Crippen LogP contribution in [-0.4, -0.2) is 60.9 Å². The number of hydrogen-bond donors (Lipinski definition) is 9. The molecule has 3 aliphatic rings. The molecule has 3 fully saturated rings. The van der Waals surface area contributed by atoms with Gasteiger partial charge in [0.25, 0.3) is 0 Å². The van der Waals surface area contributed by atoms with Crippen LogP contribution in [0.4, 0.5) is 30.2 Å². The Morgan fingerprint density at radius 1 is 0.306 bits per heavy atom. The number of aliphatic hydroxyl groups excluding tert-OH is 3. The summed E-state index contributed by atoms with van der Waals surface area (Å²) in [6.45, 7) is 0. The SMILES string of the molecule is Oc1ccc([C@@H]2[C@@H](CCC[C@@H](O)c3ccc(F)cc3)CC(=S)N2c2ccccc2)c(O)c1.Oc1cccc(-c2ccc(C3C(CCCC(O)c4ccc(F)cc4)CC(=S)N3c3ccccc3)c(O)c2)c1.Oc1cccc(-c2ccc([C@@H]3[C@@H](CCCC(O)c4ccc(F)cc4)CC(=S)N3c3ccccc3)c(O)c2)c1. The molecule has 4 unspecified atom stereocenters. The Bertz CT molecular complexity index is 4640. The topological polar surface area (TPSA) is 192 Å². The van der Waals surface area contributed by atoms with Crippen molar-refractivity contribution in [3.8, 4) is 56.8 Å². The molecule has 14 rings (SSSR count). The molecule has 0 amide bonds. The zero-order valence-electron chi connectivity index (χ0n) is 59.3. The van der Waals surface area contributed by atoms with Crippen molar-refractivity contribution in [2.45, 2.75) is 113 Å². The van der Waals surface area contributed by atoms with E-state index >= 15 is 0 Å². The summed E-state index contributed by atoms with van der Waals surface area (Å²) < 4.78 is 39.7. The van der Waals surface area contributed by atoms with Gasteiger partial charge in [-0.1, -0.05) is 195 Å². The normalized spacial score (nSPS) is 18.4. The number of rotatable bonds is 23. The second-order valence-electron chi connectivity index (χ2n) is 27.9. The highest BCUT2D eigenvalue weighted by Gasteiger charge is 2.43. The Balaban J connectivity index is 0.000000152. The number of aromatic hydroxyl groups is 6. The molecule has 18 heteroatoms. The van der Waals surface area contributed by atoms with Crippen LogP contribution in [0.15, 0.2) is 267 Å². The molecule has 0 aliphatic carbocycles. The summed E-state index contributed by atoms with van der Waals surface area (Å²) in [5, 5.41) is 94.4. The molecule has 3 heterocycles. The van der Waals surface area contributed by atoms with Crippen molar-refractivity contribution < 1.29 is 59.1 Å². The molecule has 12 nitrogen and oxygen atoms in total. The number of anilines is 3. The molecule has 108 heavy (non-hydrogen) atoms. The maximum atomic E-state index is 13.3. The van der Waals surface area contributed by atoms with E-state index in [1.54, 1.807) is 97.1 Å². The lowest BCUT2D eigenvalue weighted by Crippen LogP contribution is -2.28. The highest BCUT2D eigenvalue weighted by Crippen LogP contribution is 2.51. The molecular weight excluding hydrogens is 1420 g/mol. The van der Waals surface area contributed by atoms with Crippen molar-refractivity contribution in [2.24, 2.45) is 17.8 Å². The second kappa shape index (κ2) is 36.0. The highest BCUT2D eigenvalue weighted by molar-refractivity contribution is 7.81. The molecule has 0 radical (unpaired) electrons. The zero-order chi connectivity index (χ0) is 76.0. The molecular formula is C90H86F3N3O9S3. The molecule has 0 saturated carbocycles. The predicted octanol–water partition coefficient (Wildman–Crippen LogP) is 21.4. The highest BCUT2D eigenvalue weighted by atomic mass is 32.1. The van der Waals surface area contributed by atoms with E-state index in [1.165, 1.54) is 42.5 Å². The van der Waals surface area contributed by atoms with E-state index in [0.29, 0.717) is 55.2 Å². The number of thiocarbonyl (C=S) groups is 3. The van der Waals surface area contributed by atoms with Crippen LogP contribution in [0.25, 0.3) is 22.3 Å². The summed E-state index contributed by atoms with van der Waals surface area (Å²) in [5.41, 5.74) is 10.6. The van der Waals surface area contributed by atoms with Gasteiger partial charge in [-0.2, -0.15) is 0 Å². The fourth-order valence-corrected chi connectivity index (χ4v) is 16.7. The number of para-hydroxylation sites is 3. The van der Waals surface area contributed by atoms with E-state index in [4.69, 9.17) is 36.7 Å². The minimum atomic E-state index is -0.664. The van der Waals surface area contributed by atoms with Crippen molar-refractivity contribution in [1.29, 1.82) is 0 Å². The van der Waals surface area contributed by atoms with Crippen LogP contribution in [0.3, 0.4) is 0 Å². The molecule has 0 aromatic heterocycles. The number of aliphatic hydroxyl groups is 3. The molecule has 9 N–H and O–H groups in total. The molecule has 0 spiro atoms. The number of hydrogen-bond acceptors (Lipinski definition) is 12. The average Bonchev–Trinajstić information content (AvgIpc) is 1.62. The standard InChI is InChI=1S/2C32H30FNO3S.C26H26FNO3S/c2*33-25-15-12-21(13-16-25)29(36)11-5-7-24-20-31(38)34(26-8-2-1-3-9-26)32(24)28-17-14-23(19-30(28)37)22-6-4-10-27(35)18-22;27-19-11-9-17(10-12-19)23(30)8-4-5-18-15-25(32)28(20-6-2-1-3-7-20)26(18)22-14-13-21(29)16-24(22)31/h2*1-4,6,8-10,12-19,24,29,32,35-37H,5,7,11,20H2;1-3,6-7,9-14,16,18,23,26,29-31H,4-5,8,15H2/t24-,29?,32-;;18-,23+,26-/m0.0/s1. The van der Waals surface area contributed by atoms with E-state index in [9.17, 15) is 59.1 Å². The van der Waals surface area contributed by atoms with Gasteiger partial charge in [-0.15, -0.1) is 0 Å². The quantitative estimate of drug-likeness (QED) is 0.0275. The number of benzene rings is 11. The maximum Gasteiger partial charge on any atom is 0.124 e. The third-order valence-electron chi connectivity index (χ3n) is 20.7. The summed E-state index contributed by atoms with van der Waals surface area (Å²) in [5.74, 6) is 0.205. The molecule has 11 aromatic carbocycles. The lowest BCUT2D eigenvalue weighted by Gasteiger charge is -2.31. The number of phenolic OH excluding ortho intramolecular Hbond substituents is 6. The molecule has 11 aromatic rings. The second-order valence-corrected chi connectivity index (χ2v) is 29.3. The Morgan fingerprint density at radius 3 is 0.870 bits per heavy atom. The first-order valence-corrected chi connectivity index (χ1v) is 37.7. The van der Waals surface area contributed by atoms with Gasteiger partial charge in [0.1, 0.15) is 51.9 Å². The van der Waals surface area contributed by atoms with E-state index in [1.807, 2.05) is 127 Å². The summed E-state index contributed by atoms with van der Waals surface area (Å²) in [7, 11) is 0. The van der Waals surface area contributed by atoms with Gasteiger partial charge >= 0.3 is 0 Å². The third-order valence-corrected chi connectivity index (χ3v) is 21.8. The minimum Gasteiger partial charge on any atom is -0.508 e. The van der Waals surface area contributed by atoms with Crippen LogP contribution in [0, 0.1) is 35.2 Å². The van der Waals surface area contributed by atoms with Crippen molar-refractivity contribution in [2.75, 3.05) is 14.7 Å². The summed E-state index contributed by atoms with van der Waals surface area (Å²) >= 11 is 17.5. The van der Waals surface area contributed by atoms with Gasteiger partial charge in [-0.3, -0.25) is 0 Å². The van der Waals surface area contributed by atoms with E-state index in [2.05, 4.69) is 14.7 Å². The zero-order valence-corrected chi connectivity index (χ0v) is 61.8. The molecule has 3 saturated heterocycles. The van der Waals surface area contributed by atoms with Gasteiger partial charge in [0.2, 0.25) is 0 Å². The lowest BCUT2D eigenvalue weighted by atomic mass is 9.87. The van der Waals surface area contributed by atoms with Crippen LogP contribution in [0.2, 0.25) is 0 Å². The van der Waals surface area contributed by atoms with Crippen molar-refractivity contribution in [3.05, 3.63) is 318 Å². The van der Waals surface area contributed by atoms with E-state index < -0.39 is 18.3 Å². The van der Waals surface area contributed by atoms with Crippen LogP contribution in [-0.2, 0) is 0 Å². The monoisotopic (exact) mass is 1510 g/mol. The van der Waals surface area contributed by atoms with E-state index in [-0.39, 0.29) is 87.8 Å². The molecule has 0 bridgehead atoms. The third kappa shape index (κ3) is 18.9. The smallest absolute Gasteiger partial charge is 0.124 e. The van der Waals surface area contributed by atoms with Gasteiger partial charge in [-0.25, -0.2) is 13.2 Å². The Hall–Kier alpha value is -10.4. The Labute approximate surface area is 644 Å². The average molecular weight is 1510 g/mol. The number of phenols is 6. The van der Waals surface area contributed by atoms with Crippen LogP contribution < -0.4 is 14.7 Å². The van der Waals surface area contributed by atoms with Gasteiger partial charge in [0, 0.05) is 59.1 Å². The first kappa shape index (κ1) is 77.2. The minimum absolute atomic E-state index is 0.0112. The van der Waals surface area contributed by atoms with Crippen molar-refractivity contribution in [3.63, 3.8) is 0 Å². The fourth-order valence-electron chi connectivity index (χ4n) is 15.4. The van der Waals surface area contributed by atoms with Crippen LogP contribution >= 0.6 is 36.7 Å². The largest absolute Gasteiger partial charge is 0.508 e. The first-order valence-electron chi connectivity index (χ1n) is 36.4. The van der Waals surface area contributed by atoms with Gasteiger partial charge < -0.3 is 60.7 Å². The summed E-state index contributed by atoms with van der Waals surface area (Å²) in [4.78, 5) is 8.81. The molecule has 9 atom stereocenters. The maximum absolute atomic E-state index is 13.3. The van der Waals surface area contributed by atoms with Gasteiger partial charge in [0.05, 0.1) is 51.4 Å². The van der Waals surface area contributed by atoms with Gasteiger partial charge in [0.15, 0.2) is 0 Å².